The maximum atomic E-state index is 5.14. The summed E-state index contributed by atoms with van der Waals surface area (Å²) in [5.74, 6) is 1.06. The fourth-order valence-corrected chi connectivity index (χ4v) is 1.49. The molecule has 0 unspecified atom stereocenters. The van der Waals surface area contributed by atoms with Crippen LogP contribution in [0.1, 0.15) is 0 Å². The van der Waals surface area contributed by atoms with Gasteiger partial charge in [-0.25, -0.2) is 4.98 Å². The number of hydrogen-bond acceptors (Lipinski definition) is 6. The van der Waals surface area contributed by atoms with Crippen LogP contribution in [0.3, 0.4) is 0 Å². The lowest BCUT2D eigenvalue weighted by Gasteiger charge is -2.13. The van der Waals surface area contributed by atoms with Crippen molar-refractivity contribution in [1.29, 1.82) is 0 Å². The highest BCUT2D eigenvalue weighted by molar-refractivity contribution is 7.98. The van der Waals surface area contributed by atoms with Gasteiger partial charge in [-0.15, -0.1) is 6.58 Å². The van der Waals surface area contributed by atoms with E-state index in [1.165, 1.54) is 11.8 Å². The van der Waals surface area contributed by atoms with Crippen LogP contribution in [0, 0.1) is 0 Å². The third kappa shape index (κ3) is 4.38. The van der Waals surface area contributed by atoms with E-state index in [0.717, 1.165) is 0 Å². The average Bonchev–Trinajstić information content (AvgIpc) is 2.42. The molecule has 0 atom stereocenters. The Kier molecular flexibility index (Phi) is 6.23. The summed E-state index contributed by atoms with van der Waals surface area (Å²) < 4.78 is 5.14. The molecule has 6 nitrogen and oxygen atoms in total. The maximum Gasteiger partial charge on any atom is 0.191 e. The molecule has 1 aromatic heterocycles. The highest BCUT2D eigenvalue weighted by Crippen LogP contribution is 2.22. The van der Waals surface area contributed by atoms with E-state index in [-0.39, 0.29) is 0 Å². The fourth-order valence-electron chi connectivity index (χ4n) is 1.02. The molecule has 0 aliphatic heterocycles. The van der Waals surface area contributed by atoms with Gasteiger partial charge in [0.2, 0.25) is 0 Å². The second-order valence-corrected chi connectivity index (χ2v) is 4.20. The number of thioether (sulfide) groups is 1. The zero-order chi connectivity index (χ0) is 13.4. The summed E-state index contributed by atoms with van der Waals surface area (Å²) >= 11 is 6.48. The van der Waals surface area contributed by atoms with E-state index in [0.29, 0.717) is 28.4 Å². The van der Waals surface area contributed by atoms with Crippen LogP contribution in [0.5, 0.6) is 5.75 Å². The Bertz CT molecular complexity index is 427. The summed E-state index contributed by atoms with van der Waals surface area (Å²) in [5.41, 5.74) is 5.67. The summed E-state index contributed by atoms with van der Waals surface area (Å²) in [4.78, 5) is 8.36. The number of hydrazine groups is 1. The molecule has 8 heteroatoms. The number of nitrogens with zero attached hydrogens (tertiary/aromatic N) is 2. The van der Waals surface area contributed by atoms with E-state index in [9.17, 15) is 0 Å². The summed E-state index contributed by atoms with van der Waals surface area (Å²) in [7, 11) is 1.55. The quantitative estimate of drug-likeness (QED) is 0.237. The Morgan fingerprint density at radius 1 is 1.67 bits per heavy atom. The lowest BCUT2D eigenvalue weighted by atomic mass is 10.5. The van der Waals surface area contributed by atoms with Gasteiger partial charge in [-0.2, -0.15) is 4.98 Å². The SMILES string of the molecule is C=CCNC(=S)NNc1nc(SC)ncc1OC. The Morgan fingerprint density at radius 3 is 3.06 bits per heavy atom. The molecular weight excluding hydrogens is 270 g/mol. The number of thiocarbonyl (C=S) groups is 1. The number of anilines is 1. The van der Waals surface area contributed by atoms with Crippen LogP contribution in [-0.4, -0.2) is 35.0 Å². The molecule has 0 radical (unpaired) electrons. The Balaban J connectivity index is 2.64. The van der Waals surface area contributed by atoms with E-state index in [2.05, 4.69) is 32.7 Å². The van der Waals surface area contributed by atoms with Crippen molar-refractivity contribution in [1.82, 2.24) is 20.7 Å². The van der Waals surface area contributed by atoms with Gasteiger partial charge in [0.25, 0.3) is 0 Å². The Labute approximate surface area is 116 Å². The first kappa shape index (κ1) is 14.5. The van der Waals surface area contributed by atoms with Crippen LogP contribution in [0.4, 0.5) is 5.82 Å². The van der Waals surface area contributed by atoms with Gasteiger partial charge in [0, 0.05) is 6.54 Å². The monoisotopic (exact) mass is 285 g/mol. The average molecular weight is 285 g/mol. The van der Waals surface area contributed by atoms with Gasteiger partial charge in [-0.1, -0.05) is 17.8 Å². The molecule has 0 amide bonds. The zero-order valence-electron chi connectivity index (χ0n) is 10.2. The van der Waals surface area contributed by atoms with Gasteiger partial charge in [0.15, 0.2) is 21.8 Å². The molecular formula is C10H15N5OS2. The second kappa shape index (κ2) is 7.72. The van der Waals surface area contributed by atoms with Gasteiger partial charge in [-0.05, 0) is 18.5 Å². The van der Waals surface area contributed by atoms with Gasteiger partial charge in [-0.3, -0.25) is 10.9 Å². The van der Waals surface area contributed by atoms with Crippen molar-refractivity contribution in [2.75, 3.05) is 25.3 Å². The van der Waals surface area contributed by atoms with Crippen molar-refractivity contribution in [3.8, 4) is 5.75 Å². The van der Waals surface area contributed by atoms with Crippen molar-refractivity contribution in [2.24, 2.45) is 0 Å². The number of nitrogens with one attached hydrogen (secondary N) is 3. The minimum absolute atomic E-state index is 0.446. The maximum absolute atomic E-state index is 5.14. The first-order valence-corrected chi connectivity index (χ1v) is 6.70. The van der Waals surface area contributed by atoms with Gasteiger partial charge in [0.05, 0.1) is 13.3 Å². The molecule has 0 fully saturated rings. The van der Waals surface area contributed by atoms with Crippen molar-refractivity contribution < 1.29 is 4.74 Å². The minimum Gasteiger partial charge on any atom is -0.491 e. The molecule has 0 aliphatic rings. The number of rotatable bonds is 6. The topological polar surface area (TPSA) is 71.1 Å². The van der Waals surface area contributed by atoms with Crippen LogP contribution >= 0.6 is 24.0 Å². The lowest BCUT2D eigenvalue weighted by Crippen LogP contribution is -2.39. The van der Waals surface area contributed by atoms with Gasteiger partial charge < -0.3 is 10.1 Å². The smallest absolute Gasteiger partial charge is 0.191 e. The molecule has 1 rings (SSSR count). The predicted octanol–water partition coefficient (Wildman–Crippen LogP) is 1.18. The highest BCUT2D eigenvalue weighted by atomic mass is 32.2. The fraction of sp³-hybridized carbons (Fsp3) is 0.300. The third-order valence-electron chi connectivity index (χ3n) is 1.84. The Hall–Kier alpha value is -1.54. The second-order valence-electron chi connectivity index (χ2n) is 3.02. The normalized spacial score (nSPS) is 9.44. The van der Waals surface area contributed by atoms with E-state index < -0.39 is 0 Å². The van der Waals surface area contributed by atoms with Gasteiger partial charge >= 0.3 is 0 Å². The van der Waals surface area contributed by atoms with Crippen LogP contribution in [0.15, 0.2) is 24.0 Å². The minimum atomic E-state index is 0.446. The molecule has 1 aromatic rings. The molecule has 0 bridgehead atoms. The molecule has 3 N–H and O–H groups in total. The Morgan fingerprint density at radius 2 is 2.44 bits per heavy atom. The third-order valence-corrected chi connectivity index (χ3v) is 2.65. The predicted molar refractivity (Wildman–Crippen MR) is 77.9 cm³/mol. The van der Waals surface area contributed by atoms with E-state index in [1.54, 1.807) is 19.4 Å². The summed E-state index contributed by atoms with van der Waals surface area (Å²) in [6, 6.07) is 0. The molecule has 0 aromatic carbocycles. The molecule has 98 valence electrons. The largest absolute Gasteiger partial charge is 0.491 e. The molecule has 1 heterocycles. The molecule has 0 saturated carbocycles. The summed E-state index contributed by atoms with van der Waals surface area (Å²) in [6.07, 6.45) is 5.21. The number of methoxy groups -OCH3 is 1. The van der Waals surface area contributed by atoms with Crippen LogP contribution < -0.4 is 20.9 Å². The zero-order valence-corrected chi connectivity index (χ0v) is 11.8. The van der Waals surface area contributed by atoms with E-state index in [1.807, 2.05) is 6.26 Å². The van der Waals surface area contributed by atoms with Crippen LogP contribution in [0.25, 0.3) is 0 Å². The number of aromatic nitrogens is 2. The summed E-state index contributed by atoms with van der Waals surface area (Å²) in [6.45, 7) is 4.18. The standard InChI is InChI=1S/C10H15N5OS2/c1-4-5-11-9(17)15-14-8-7(16-2)6-12-10(13-8)18-3/h4,6H,1,5H2,2-3H3,(H2,11,15,17)(H,12,13,14). The van der Waals surface area contributed by atoms with Crippen molar-refractivity contribution in [3.63, 3.8) is 0 Å². The summed E-state index contributed by atoms with van der Waals surface area (Å²) in [5, 5.41) is 4.01. The molecule has 0 saturated heterocycles. The lowest BCUT2D eigenvalue weighted by molar-refractivity contribution is 0.411. The van der Waals surface area contributed by atoms with Crippen molar-refractivity contribution >= 4 is 34.9 Å². The van der Waals surface area contributed by atoms with Crippen molar-refractivity contribution in [2.45, 2.75) is 5.16 Å². The van der Waals surface area contributed by atoms with E-state index >= 15 is 0 Å². The van der Waals surface area contributed by atoms with Gasteiger partial charge in [0.1, 0.15) is 0 Å². The van der Waals surface area contributed by atoms with E-state index in [4.69, 9.17) is 17.0 Å². The first-order chi connectivity index (χ1) is 8.71. The molecule has 0 aliphatic carbocycles. The highest BCUT2D eigenvalue weighted by Gasteiger charge is 2.07. The number of hydrogen-bond donors (Lipinski definition) is 3. The van der Waals surface area contributed by atoms with Crippen LogP contribution in [-0.2, 0) is 0 Å². The first-order valence-electron chi connectivity index (χ1n) is 5.07. The molecule has 18 heavy (non-hydrogen) atoms. The molecule has 0 spiro atoms. The van der Waals surface area contributed by atoms with Crippen LogP contribution in [0.2, 0.25) is 0 Å². The number of ether oxygens (including phenoxy) is 1. The van der Waals surface area contributed by atoms with Crippen molar-refractivity contribution in [3.05, 3.63) is 18.9 Å².